The van der Waals surface area contributed by atoms with Crippen molar-refractivity contribution in [3.63, 3.8) is 0 Å². The van der Waals surface area contributed by atoms with Crippen molar-refractivity contribution in [3.05, 3.63) is 86.3 Å². The number of aryl methyl sites for hydroxylation is 1. The van der Waals surface area contributed by atoms with Gasteiger partial charge in [0.1, 0.15) is 11.4 Å². The molecule has 2 N–H and O–H groups in total. The highest BCUT2D eigenvalue weighted by Crippen LogP contribution is 2.46. The number of rotatable bonds is 7. The molecule has 2 aliphatic carbocycles. The number of methoxy groups -OCH3 is 1. The minimum absolute atomic E-state index is 0.165. The van der Waals surface area contributed by atoms with E-state index in [4.69, 9.17) is 4.74 Å². The van der Waals surface area contributed by atoms with Crippen LogP contribution in [0.2, 0.25) is 0 Å². The molecule has 1 fully saturated rings. The molecule has 0 saturated heterocycles. The minimum atomic E-state index is -1.22. The predicted octanol–water partition coefficient (Wildman–Crippen LogP) is 6.08. The summed E-state index contributed by atoms with van der Waals surface area (Å²) in [6.45, 7) is 0.589. The highest BCUT2D eigenvalue weighted by molar-refractivity contribution is 7.15. The van der Waals surface area contributed by atoms with E-state index in [0.717, 1.165) is 48.1 Å². The number of thiophene rings is 1. The summed E-state index contributed by atoms with van der Waals surface area (Å²) < 4.78 is 21.5. The predicted molar refractivity (Wildman–Crippen MR) is 142 cm³/mol. The van der Waals surface area contributed by atoms with Crippen LogP contribution in [0.3, 0.4) is 0 Å². The number of pyridine rings is 1. The highest BCUT2D eigenvalue weighted by atomic mass is 32.1. The molecule has 0 aliphatic heterocycles. The smallest absolute Gasteiger partial charge is 0.341 e. The van der Waals surface area contributed by atoms with Crippen molar-refractivity contribution in [2.75, 3.05) is 7.11 Å². The van der Waals surface area contributed by atoms with Gasteiger partial charge in [-0.3, -0.25) is 4.79 Å². The molecular formula is C29H27FN2O4S. The molecule has 0 spiro atoms. The molecule has 2 aliphatic rings. The van der Waals surface area contributed by atoms with E-state index in [1.165, 1.54) is 22.7 Å². The molecule has 1 atom stereocenters. The van der Waals surface area contributed by atoms with Gasteiger partial charge in [0.15, 0.2) is 5.75 Å². The van der Waals surface area contributed by atoms with Crippen molar-refractivity contribution in [1.29, 1.82) is 0 Å². The van der Waals surface area contributed by atoms with Gasteiger partial charge >= 0.3 is 5.97 Å². The Morgan fingerprint density at radius 3 is 2.78 bits per heavy atom. The van der Waals surface area contributed by atoms with Crippen LogP contribution in [0.25, 0.3) is 21.3 Å². The Hall–Kier alpha value is -3.49. The summed E-state index contributed by atoms with van der Waals surface area (Å²) in [6, 6.07) is 12.8. The van der Waals surface area contributed by atoms with Crippen LogP contribution in [0.4, 0.5) is 4.39 Å². The average Bonchev–Trinajstić information content (AvgIpc) is 3.64. The van der Waals surface area contributed by atoms with E-state index in [0.29, 0.717) is 23.2 Å². The lowest BCUT2D eigenvalue weighted by Gasteiger charge is -2.23. The van der Waals surface area contributed by atoms with E-state index in [1.54, 1.807) is 36.6 Å². The lowest BCUT2D eigenvalue weighted by Crippen LogP contribution is -2.23. The molecule has 2 heterocycles. The van der Waals surface area contributed by atoms with Gasteiger partial charge in [-0.15, -0.1) is 11.3 Å². The van der Waals surface area contributed by atoms with Gasteiger partial charge in [0.05, 0.1) is 18.0 Å². The standard InChI is InChI=1S/C29H27FN2O4S/c1-36-28-19(10-11-20-26(28)32(18-8-9-18)15-22(27(20)33)29(34)35)25-13-21-23(6-3-7-24(21)37-25)31-14-16-4-2-5-17(30)12-16/h2,4-5,10-13,15,18,23,31H,3,6-9,14H2,1H3,(H,34,35). The van der Waals surface area contributed by atoms with Crippen LogP contribution in [0, 0.1) is 5.82 Å². The minimum Gasteiger partial charge on any atom is -0.494 e. The van der Waals surface area contributed by atoms with E-state index >= 15 is 0 Å². The van der Waals surface area contributed by atoms with Crippen molar-refractivity contribution in [1.82, 2.24) is 9.88 Å². The zero-order valence-electron chi connectivity index (χ0n) is 20.4. The monoisotopic (exact) mass is 518 g/mol. The molecule has 0 bridgehead atoms. The van der Waals surface area contributed by atoms with Crippen LogP contribution in [-0.2, 0) is 13.0 Å². The Bertz CT molecular complexity index is 1590. The second-order valence-electron chi connectivity index (χ2n) is 9.80. The largest absolute Gasteiger partial charge is 0.494 e. The Balaban J connectivity index is 1.41. The number of aromatic nitrogens is 1. The number of halogens is 1. The number of carboxylic acid groups (broad SMARTS) is 1. The van der Waals surface area contributed by atoms with E-state index in [-0.39, 0.29) is 23.5 Å². The van der Waals surface area contributed by atoms with Crippen LogP contribution in [0.5, 0.6) is 5.75 Å². The van der Waals surface area contributed by atoms with Crippen molar-refractivity contribution in [2.45, 2.75) is 50.7 Å². The third-order valence-electron chi connectivity index (χ3n) is 7.34. The molecule has 1 unspecified atom stereocenters. The second-order valence-corrected chi connectivity index (χ2v) is 10.9. The number of hydrogen-bond acceptors (Lipinski definition) is 5. The van der Waals surface area contributed by atoms with E-state index in [1.807, 2.05) is 16.7 Å². The summed E-state index contributed by atoms with van der Waals surface area (Å²) in [7, 11) is 1.60. The maximum Gasteiger partial charge on any atom is 0.341 e. The summed E-state index contributed by atoms with van der Waals surface area (Å²) in [5.41, 5.74) is 3.02. The van der Waals surface area contributed by atoms with Crippen LogP contribution in [0.15, 0.2) is 53.5 Å². The number of carbonyl (C=O) groups is 1. The normalized spacial score (nSPS) is 17.1. The number of aromatic carboxylic acids is 1. The van der Waals surface area contributed by atoms with Gasteiger partial charge in [-0.2, -0.15) is 0 Å². The quantitative estimate of drug-likeness (QED) is 0.310. The molecule has 2 aromatic carbocycles. The lowest BCUT2D eigenvalue weighted by molar-refractivity contribution is 0.0695. The lowest BCUT2D eigenvalue weighted by atomic mass is 9.93. The molecule has 190 valence electrons. The summed E-state index contributed by atoms with van der Waals surface area (Å²) >= 11 is 1.74. The molecule has 2 aromatic heterocycles. The maximum atomic E-state index is 13.6. The Morgan fingerprint density at radius 1 is 1.22 bits per heavy atom. The number of nitrogens with one attached hydrogen (secondary N) is 1. The molecule has 6 nitrogen and oxygen atoms in total. The number of fused-ring (bicyclic) bond motifs is 2. The van der Waals surface area contributed by atoms with E-state index in [2.05, 4.69) is 11.4 Å². The molecular weight excluding hydrogens is 491 g/mol. The van der Waals surface area contributed by atoms with Crippen molar-refractivity contribution < 1.29 is 19.0 Å². The van der Waals surface area contributed by atoms with E-state index in [9.17, 15) is 19.1 Å². The number of hydrogen-bond donors (Lipinski definition) is 2. The highest BCUT2D eigenvalue weighted by Gasteiger charge is 2.30. The molecule has 37 heavy (non-hydrogen) atoms. The van der Waals surface area contributed by atoms with Gasteiger partial charge in [0.2, 0.25) is 5.43 Å². The fourth-order valence-corrected chi connectivity index (χ4v) is 6.69. The van der Waals surface area contributed by atoms with Crippen LogP contribution in [0.1, 0.15) is 64.1 Å². The third-order valence-corrected chi connectivity index (χ3v) is 8.59. The summed E-state index contributed by atoms with van der Waals surface area (Å²) in [6.07, 6.45) is 6.44. The number of ether oxygens (including phenoxy) is 1. The molecule has 6 rings (SSSR count). The van der Waals surface area contributed by atoms with Crippen LogP contribution < -0.4 is 15.5 Å². The zero-order chi connectivity index (χ0) is 25.7. The molecule has 1 saturated carbocycles. The van der Waals surface area contributed by atoms with Crippen molar-refractivity contribution in [3.8, 4) is 16.2 Å². The second kappa shape index (κ2) is 9.43. The topological polar surface area (TPSA) is 80.6 Å². The first kappa shape index (κ1) is 23.9. The molecule has 0 radical (unpaired) electrons. The van der Waals surface area contributed by atoms with Gasteiger partial charge in [-0.05, 0) is 73.6 Å². The van der Waals surface area contributed by atoms with Crippen molar-refractivity contribution >= 4 is 28.2 Å². The summed E-state index contributed by atoms with van der Waals surface area (Å²) in [4.78, 5) is 27.1. The van der Waals surface area contributed by atoms with Gasteiger partial charge in [-0.1, -0.05) is 12.1 Å². The Morgan fingerprint density at radius 2 is 2.05 bits per heavy atom. The first-order valence-electron chi connectivity index (χ1n) is 12.5. The third kappa shape index (κ3) is 4.34. The molecule has 0 amide bonds. The fourth-order valence-electron chi connectivity index (χ4n) is 5.40. The van der Waals surface area contributed by atoms with Gasteiger partial charge in [0, 0.05) is 40.1 Å². The van der Waals surface area contributed by atoms with Crippen LogP contribution in [-0.4, -0.2) is 22.8 Å². The fraction of sp³-hybridized carbons (Fsp3) is 0.310. The maximum absolute atomic E-state index is 13.6. The van der Waals surface area contributed by atoms with Crippen LogP contribution >= 0.6 is 11.3 Å². The van der Waals surface area contributed by atoms with Gasteiger partial charge in [-0.25, -0.2) is 9.18 Å². The molecule has 4 aromatic rings. The van der Waals surface area contributed by atoms with Gasteiger partial charge < -0.3 is 19.7 Å². The molecule has 8 heteroatoms. The SMILES string of the molecule is COc1c(-c2cc3c(s2)CCCC3NCc2cccc(F)c2)ccc2c(=O)c(C(=O)O)cn(C3CC3)c12. The average molecular weight is 519 g/mol. The Labute approximate surface area is 217 Å². The first-order chi connectivity index (χ1) is 17.9. The summed E-state index contributed by atoms with van der Waals surface area (Å²) in [5, 5.41) is 13.6. The summed E-state index contributed by atoms with van der Waals surface area (Å²) in [5.74, 6) is -0.849. The zero-order valence-corrected chi connectivity index (χ0v) is 21.2. The van der Waals surface area contributed by atoms with E-state index < -0.39 is 11.4 Å². The number of carboxylic acids is 1. The Kier molecular flexibility index (Phi) is 6.09. The van der Waals surface area contributed by atoms with Crippen molar-refractivity contribution in [2.24, 2.45) is 0 Å². The number of benzene rings is 2. The van der Waals surface area contributed by atoms with Gasteiger partial charge in [0.25, 0.3) is 0 Å². The first-order valence-corrected chi connectivity index (χ1v) is 13.4. The number of nitrogens with zero attached hydrogens (tertiary/aromatic N) is 1.